The number of Topliss-reactive ketones (excluding diaryl/α,β-unsaturated/α-hetero) is 3. The van der Waals surface area contributed by atoms with Gasteiger partial charge in [0.15, 0.2) is 0 Å². The second-order valence-electron chi connectivity index (χ2n) is 12.0. The molecule has 4 aliphatic carbocycles. The molecule has 0 heterocycles. The summed E-state index contributed by atoms with van der Waals surface area (Å²) in [4.78, 5) is 43.1. The van der Waals surface area contributed by atoms with E-state index in [9.17, 15) is 27.9 Å². The van der Waals surface area contributed by atoms with Crippen molar-refractivity contribution in [2.24, 2.45) is 51.3 Å². The molecule has 0 bridgehead atoms. The molecule has 0 unspecified atom stereocenters. The van der Waals surface area contributed by atoms with Crippen LogP contribution < -0.4 is 34.7 Å². The van der Waals surface area contributed by atoms with Gasteiger partial charge < -0.3 is 10.1 Å². The van der Waals surface area contributed by atoms with Gasteiger partial charge in [0.25, 0.3) is 10.1 Å². The Morgan fingerprint density at radius 3 is 2.50 bits per heavy atom. The van der Waals surface area contributed by atoms with Gasteiger partial charge in [-0.3, -0.25) is 18.9 Å². The van der Waals surface area contributed by atoms with Gasteiger partial charge in [0, 0.05) is 37.0 Å². The van der Waals surface area contributed by atoms with Gasteiger partial charge in [0.1, 0.15) is 17.3 Å². The van der Waals surface area contributed by atoms with E-state index in [0.29, 0.717) is 32.1 Å². The van der Waals surface area contributed by atoms with Crippen molar-refractivity contribution < 1.29 is 62.0 Å². The van der Waals surface area contributed by atoms with Crippen LogP contribution in [0.5, 0.6) is 0 Å². The van der Waals surface area contributed by atoms with Crippen molar-refractivity contribution >= 4 is 33.4 Å². The quantitative estimate of drug-likeness (QED) is 0.205. The van der Waals surface area contributed by atoms with Crippen molar-refractivity contribution in [1.29, 1.82) is 0 Å². The summed E-state index contributed by atoms with van der Waals surface area (Å²) in [5.74, 6) is -0.144. The van der Waals surface area contributed by atoms with Crippen molar-refractivity contribution in [3.05, 3.63) is 0 Å². The molecular formula is C26H38NNaO7S. The monoisotopic (exact) mass is 531 g/mol. The van der Waals surface area contributed by atoms with Gasteiger partial charge in [-0.05, 0) is 73.0 Å². The zero-order valence-electron chi connectivity index (χ0n) is 22.0. The SMILES string of the molecule is C[C@H](CCC([O-])=NCCS(=O)(=O)O)[C@H]1CC[C@H]2[C@@H]3C(=O)C[C@@H]4CC(=O)CC[C@]4(C)[C@H]3CC(=O)[C@]12C.[Na+]. The summed E-state index contributed by atoms with van der Waals surface area (Å²) in [7, 11) is -4.15. The molecule has 1 N–H and O–H groups in total. The Morgan fingerprint density at radius 1 is 1.14 bits per heavy atom. The van der Waals surface area contributed by atoms with Crippen molar-refractivity contribution in [2.45, 2.75) is 78.6 Å². The topological polar surface area (TPSA) is 141 Å². The summed E-state index contributed by atoms with van der Waals surface area (Å²) in [6.45, 7) is 6.03. The maximum absolute atomic E-state index is 13.8. The first-order valence-corrected chi connectivity index (χ1v) is 14.6. The molecular weight excluding hydrogens is 493 g/mol. The zero-order chi connectivity index (χ0) is 25.8. The number of nitrogens with zero attached hydrogens (tertiary/aromatic N) is 1. The molecule has 0 spiro atoms. The van der Waals surface area contributed by atoms with Gasteiger partial charge in [-0.2, -0.15) is 8.42 Å². The number of rotatable bonds is 7. The van der Waals surface area contributed by atoms with E-state index in [-0.39, 0.29) is 101 Å². The van der Waals surface area contributed by atoms with Crippen molar-refractivity contribution in [1.82, 2.24) is 0 Å². The molecule has 0 amide bonds. The number of ketones is 3. The third kappa shape index (κ3) is 5.42. The van der Waals surface area contributed by atoms with E-state index in [1.165, 1.54) is 0 Å². The van der Waals surface area contributed by atoms with Crippen molar-refractivity contribution in [2.75, 3.05) is 12.3 Å². The minimum atomic E-state index is -4.15. The molecule has 0 aromatic carbocycles. The zero-order valence-corrected chi connectivity index (χ0v) is 24.8. The smallest absolute Gasteiger partial charge is 0.862 e. The Morgan fingerprint density at radius 2 is 1.83 bits per heavy atom. The molecule has 196 valence electrons. The molecule has 0 saturated heterocycles. The first-order chi connectivity index (χ1) is 16.3. The fourth-order valence-corrected chi connectivity index (χ4v) is 8.63. The van der Waals surface area contributed by atoms with E-state index in [1.807, 2.05) is 6.92 Å². The van der Waals surface area contributed by atoms with Crippen LogP contribution in [0.15, 0.2) is 4.99 Å². The molecule has 0 aliphatic heterocycles. The first kappa shape index (κ1) is 29.9. The van der Waals surface area contributed by atoms with Gasteiger partial charge in [-0.15, -0.1) is 0 Å². The third-order valence-corrected chi connectivity index (χ3v) is 11.1. The molecule has 4 rings (SSSR count). The van der Waals surface area contributed by atoms with Crippen molar-refractivity contribution in [3.63, 3.8) is 0 Å². The van der Waals surface area contributed by atoms with E-state index in [1.54, 1.807) is 0 Å². The molecule has 0 aromatic heterocycles. The summed E-state index contributed by atoms with van der Waals surface area (Å²) < 4.78 is 30.4. The van der Waals surface area contributed by atoms with Gasteiger partial charge in [-0.25, -0.2) is 0 Å². The van der Waals surface area contributed by atoms with Crippen LogP contribution in [0.25, 0.3) is 0 Å². The van der Waals surface area contributed by atoms with Crippen LogP contribution in [-0.2, 0) is 24.5 Å². The van der Waals surface area contributed by atoms with E-state index in [4.69, 9.17) is 4.55 Å². The molecule has 10 heteroatoms. The second-order valence-corrected chi connectivity index (χ2v) is 13.6. The minimum absolute atomic E-state index is 0. The average Bonchev–Trinajstić information content (AvgIpc) is 3.12. The van der Waals surface area contributed by atoms with Gasteiger partial charge >= 0.3 is 29.6 Å². The normalized spacial score (nSPS) is 39.6. The predicted octanol–water partition coefficient (Wildman–Crippen LogP) is -0.361. The van der Waals surface area contributed by atoms with Crippen LogP contribution in [0.1, 0.15) is 78.6 Å². The fraction of sp³-hybridized carbons (Fsp3) is 0.846. The molecule has 36 heavy (non-hydrogen) atoms. The number of aliphatic imine (C=N–C) groups is 1. The number of carbonyl (C=O) groups excluding carboxylic acids is 3. The summed E-state index contributed by atoms with van der Waals surface area (Å²) >= 11 is 0. The van der Waals surface area contributed by atoms with Crippen LogP contribution in [0, 0.1) is 46.3 Å². The summed E-state index contributed by atoms with van der Waals surface area (Å²) in [6.07, 6.45) is 5.00. The van der Waals surface area contributed by atoms with Crippen LogP contribution in [-0.4, -0.2) is 48.5 Å². The average molecular weight is 532 g/mol. The number of fused-ring (bicyclic) bond motifs is 5. The van der Waals surface area contributed by atoms with E-state index in [0.717, 1.165) is 19.3 Å². The molecule has 8 atom stereocenters. The first-order valence-electron chi connectivity index (χ1n) is 13.0. The summed E-state index contributed by atoms with van der Waals surface area (Å²) in [5.41, 5.74) is -0.724. The van der Waals surface area contributed by atoms with Crippen LogP contribution >= 0.6 is 0 Å². The maximum Gasteiger partial charge on any atom is 1.00 e. The second kappa shape index (κ2) is 10.9. The molecule has 4 saturated carbocycles. The number of carbonyl (C=O) groups is 3. The standard InChI is InChI=1S/C26H39NO7S.Na/c1-15(4-7-23(31)27-10-11-35(32,33)34)18-5-6-19-24-20(14-22(30)26(18,19)3)25(2)9-8-17(28)12-16(25)13-21(24)29;/h15-16,18-20,24H,4-14H2,1-3H3,(H,27,31)(H,32,33,34);/q;+1/p-1/t15-,16+,18-,19+,20+,24+,25+,26-;/m1./s1. The predicted molar refractivity (Wildman–Crippen MR) is 128 cm³/mol. The largest absolute Gasteiger partial charge is 1.00 e. The summed E-state index contributed by atoms with van der Waals surface area (Å²) in [6, 6.07) is 0. The number of hydrogen-bond donors (Lipinski definition) is 1. The van der Waals surface area contributed by atoms with Crippen molar-refractivity contribution in [3.8, 4) is 0 Å². The van der Waals surface area contributed by atoms with E-state index >= 15 is 0 Å². The van der Waals surface area contributed by atoms with Gasteiger partial charge in [0.2, 0.25) is 0 Å². The van der Waals surface area contributed by atoms with Crippen LogP contribution in [0.2, 0.25) is 0 Å². The summed E-state index contributed by atoms with van der Waals surface area (Å²) in [5, 5.41) is 12.1. The van der Waals surface area contributed by atoms with Gasteiger partial charge in [0.05, 0.1) is 12.3 Å². The Labute approximate surface area is 236 Å². The Hall–Kier alpha value is -0.610. The molecule has 4 aliphatic rings. The molecule has 4 fully saturated rings. The van der Waals surface area contributed by atoms with Gasteiger partial charge in [-0.1, -0.05) is 20.8 Å². The van der Waals surface area contributed by atoms with Crippen LogP contribution in [0.4, 0.5) is 0 Å². The third-order valence-electron chi connectivity index (χ3n) is 10.4. The molecule has 0 radical (unpaired) electrons. The Balaban J connectivity index is 0.00000361. The molecule has 0 aromatic rings. The van der Waals surface area contributed by atoms with E-state index in [2.05, 4.69) is 18.8 Å². The van der Waals surface area contributed by atoms with E-state index < -0.39 is 27.2 Å². The fourth-order valence-electron chi connectivity index (χ4n) is 8.31. The number of hydrogen-bond acceptors (Lipinski definition) is 7. The Bertz CT molecular complexity index is 1040. The van der Waals surface area contributed by atoms with Crippen LogP contribution in [0.3, 0.4) is 0 Å². The maximum atomic E-state index is 13.8. The Kier molecular flexibility index (Phi) is 9.04. The molecule has 8 nitrogen and oxygen atoms in total. The minimum Gasteiger partial charge on any atom is -0.862 e.